The molecule has 2 aromatic rings. The van der Waals surface area contributed by atoms with Crippen molar-refractivity contribution in [3.8, 4) is 0 Å². The maximum Gasteiger partial charge on any atom is 0.401 e. The summed E-state index contributed by atoms with van der Waals surface area (Å²) in [4.78, 5) is 15.8. The Morgan fingerprint density at radius 3 is 2.29 bits per heavy atom. The van der Waals surface area contributed by atoms with Crippen molar-refractivity contribution in [2.75, 3.05) is 6.54 Å². The van der Waals surface area contributed by atoms with Crippen molar-refractivity contribution >= 4 is 50.8 Å². The van der Waals surface area contributed by atoms with Gasteiger partial charge in [-0.05, 0) is 57.4 Å². The molecule has 0 amide bonds. The van der Waals surface area contributed by atoms with Gasteiger partial charge in [-0.2, -0.15) is 13.2 Å². The number of carbonyl (C=O) groups is 1. The van der Waals surface area contributed by atoms with Gasteiger partial charge in [0.1, 0.15) is 11.2 Å². The summed E-state index contributed by atoms with van der Waals surface area (Å²) in [7, 11) is 0. The third-order valence-corrected chi connectivity index (χ3v) is 5.64. The van der Waals surface area contributed by atoms with Crippen LogP contribution in [0.15, 0.2) is 45.9 Å². The number of hydrogen-bond acceptors (Lipinski definition) is 3. The van der Waals surface area contributed by atoms with Gasteiger partial charge in [0.2, 0.25) is 0 Å². The molecule has 0 spiro atoms. The fourth-order valence-electron chi connectivity index (χ4n) is 3.34. The number of carboxylic acid groups (broad SMARTS) is 1. The highest BCUT2D eigenvalue weighted by Crippen LogP contribution is 2.52. The molecule has 28 heavy (non-hydrogen) atoms. The molecule has 1 heterocycles. The van der Waals surface area contributed by atoms with Crippen molar-refractivity contribution < 1.29 is 27.5 Å². The Morgan fingerprint density at radius 1 is 1.18 bits per heavy atom. The number of halogens is 7. The topological polar surface area (TPSA) is 52.5 Å². The Morgan fingerprint density at radius 2 is 1.79 bits per heavy atom. The van der Waals surface area contributed by atoms with Gasteiger partial charge in [0, 0.05) is 10.0 Å². The van der Waals surface area contributed by atoms with Gasteiger partial charge in [-0.3, -0.25) is 4.99 Å². The lowest BCUT2D eigenvalue weighted by Crippen LogP contribution is -2.56. The zero-order valence-corrected chi connectivity index (χ0v) is 16.8. The number of hydrogen-bond donors (Lipinski definition) is 0. The second-order valence-corrected chi connectivity index (χ2v) is 7.94. The van der Waals surface area contributed by atoms with Crippen LogP contribution < -0.4 is 5.11 Å². The highest BCUT2D eigenvalue weighted by molar-refractivity contribution is 9.10. The van der Waals surface area contributed by atoms with E-state index in [4.69, 9.17) is 23.2 Å². The molecule has 0 bridgehead atoms. The summed E-state index contributed by atoms with van der Waals surface area (Å²) >= 11 is 14.7. The lowest BCUT2D eigenvalue weighted by Gasteiger charge is -2.38. The molecule has 10 heteroatoms. The molecule has 1 aliphatic heterocycles. The molecule has 0 saturated carbocycles. The summed E-state index contributed by atoms with van der Waals surface area (Å²) in [6.07, 6.45) is -5.02. The quantitative estimate of drug-likeness (QED) is 0.583. The smallest absolute Gasteiger partial charge is 0.401 e. The van der Waals surface area contributed by atoms with Crippen molar-refractivity contribution in [2.45, 2.75) is 11.6 Å². The molecule has 2 aromatic carbocycles. The van der Waals surface area contributed by atoms with Crippen LogP contribution in [0.4, 0.5) is 17.6 Å². The molecule has 3 nitrogen and oxygen atoms in total. The van der Waals surface area contributed by atoms with E-state index < -0.39 is 41.4 Å². The minimum atomic E-state index is -5.02. The van der Waals surface area contributed by atoms with Gasteiger partial charge < -0.3 is 9.90 Å². The fourth-order valence-corrected chi connectivity index (χ4v) is 4.24. The second kappa shape index (κ2) is 7.31. The Balaban J connectivity index is 2.24. The maximum absolute atomic E-state index is 14.3. The highest BCUT2D eigenvalue weighted by atomic mass is 79.9. The molecule has 0 aromatic heterocycles. The number of carboxylic acids is 1. The van der Waals surface area contributed by atoms with Crippen LogP contribution in [0.5, 0.6) is 0 Å². The number of benzene rings is 2. The zero-order chi connectivity index (χ0) is 20.9. The third kappa shape index (κ3) is 3.42. The minimum absolute atomic E-state index is 0.0294. The molecule has 0 N–H and O–H groups in total. The normalized spacial score (nSPS) is 22.2. The van der Waals surface area contributed by atoms with Crippen LogP contribution in [0.25, 0.3) is 0 Å². The molecule has 3 rings (SSSR count). The Kier molecular flexibility index (Phi) is 5.51. The van der Waals surface area contributed by atoms with Crippen molar-refractivity contribution in [1.29, 1.82) is 0 Å². The van der Waals surface area contributed by atoms with E-state index in [1.165, 1.54) is 12.1 Å². The number of nitrogens with zero attached hydrogens (tertiary/aromatic N) is 1. The SMILES string of the molecule is O=C([O-])C1C(c2ccc(F)c(Br)c2)=NCC1(c1cc(Cl)cc(Cl)c1)C(F)(F)F. The van der Waals surface area contributed by atoms with E-state index in [2.05, 4.69) is 20.9 Å². The largest absolute Gasteiger partial charge is 0.549 e. The minimum Gasteiger partial charge on any atom is -0.549 e. The van der Waals surface area contributed by atoms with Gasteiger partial charge in [-0.1, -0.05) is 29.3 Å². The van der Waals surface area contributed by atoms with E-state index in [1.54, 1.807) is 0 Å². The molecule has 0 radical (unpaired) electrons. The van der Waals surface area contributed by atoms with Crippen LogP contribution in [-0.2, 0) is 10.2 Å². The van der Waals surface area contributed by atoms with Gasteiger partial charge in [0.05, 0.1) is 28.6 Å². The maximum atomic E-state index is 14.3. The Labute approximate surface area is 175 Å². The summed E-state index contributed by atoms with van der Waals surface area (Å²) in [5.74, 6) is -4.81. The number of rotatable bonds is 3. The number of aliphatic carboxylic acids is 1. The lowest BCUT2D eigenvalue weighted by atomic mass is 9.68. The van der Waals surface area contributed by atoms with Crippen LogP contribution in [0.1, 0.15) is 11.1 Å². The van der Waals surface area contributed by atoms with Gasteiger partial charge in [-0.15, -0.1) is 0 Å². The molecule has 0 aliphatic carbocycles. The van der Waals surface area contributed by atoms with Crippen LogP contribution in [0.3, 0.4) is 0 Å². The predicted molar refractivity (Wildman–Crippen MR) is 98.2 cm³/mol. The first-order chi connectivity index (χ1) is 13.0. The summed E-state index contributed by atoms with van der Waals surface area (Å²) in [6.45, 7) is -0.907. The first-order valence-electron chi connectivity index (χ1n) is 7.71. The van der Waals surface area contributed by atoms with Gasteiger partial charge in [-0.25, -0.2) is 4.39 Å². The summed E-state index contributed by atoms with van der Waals surface area (Å²) < 4.78 is 56.3. The average molecular weight is 498 g/mol. The second-order valence-electron chi connectivity index (χ2n) is 6.21. The molecule has 0 saturated heterocycles. The summed E-state index contributed by atoms with van der Waals surface area (Å²) in [6, 6.07) is 6.58. The van der Waals surface area contributed by atoms with E-state index in [-0.39, 0.29) is 25.8 Å². The van der Waals surface area contributed by atoms with Crippen molar-refractivity contribution in [2.24, 2.45) is 10.9 Å². The van der Waals surface area contributed by atoms with E-state index in [1.807, 2.05) is 0 Å². The number of aliphatic imine (C=N–C) groups is 1. The number of alkyl halides is 3. The van der Waals surface area contributed by atoms with Gasteiger partial charge in [0.25, 0.3) is 0 Å². The van der Waals surface area contributed by atoms with Crippen LogP contribution in [0.2, 0.25) is 10.0 Å². The van der Waals surface area contributed by atoms with Gasteiger partial charge >= 0.3 is 6.18 Å². The van der Waals surface area contributed by atoms with Crippen LogP contribution >= 0.6 is 39.1 Å². The summed E-state index contributed by atoms with van der Waals surface area (Å²) in [5, 5.41) is 11.7. The van der Waals surface area contributed by atoms with E-state index >= 15 is 0 Å². The molecule has 1 aliphatic rings. The van der Waals surface area contributed by atoms with Crippen LogP contribution in [-0.4, -0.2) is 24.4 Å². The standard InChI is InChI=1S/C18H10BrCl2F4NO2/c19-12-3-8(1-2-13(12)22)15-14(16(27)28)17(7-26-15,18(23,24)25)9-4-10(20)6-11(21)5-9/h1-6,14H,7H2,(H,27,28)/p-1. The molecule has 0 fully saturated rings. The lowest BCUT2D eigenvalue weighted by molar-refractivity contribution is -0.316. The first kappa shape index (κ1) is 21.1. The molecule has 2 atom stereocenters. The van der Waals surface area contributed by atoms with Crippen LogP contribution in [0, 0.1) is 11.7 Å². The molecular weight excluding hydrogens is 489 g/mol. The highest BCUT2D eigenvalue weighted by Gasteiger charge is 2.64. The first-order valence-corrected chi connectivity index (χ1v) is 9.26. The third-order valence-electron chi connectivity index (χ3n) is 4.60. The van der Waals surface area contributed by atoms with E-state index in [0.29, 0.717) is 0 Å². The number of carbonyl (C=O) groups excluding carboxylic acids is 1. The average Bonchev–Trinajstić information content (AvgIpc) is 2.98. The van der Waals surface area contributed by atoms with Gasteiger partial charge in [0.15, 0.2) is 0 Å². The molecule has 148 valence electrons. The van der Waals surface area contributed by atoms with Crippen molar-refractivity contribution in [3.05, 3.63) is 67.9 Å². The molecule has 2 unspecified atom stereocenters. The van der Waals surface area contributed by atoms with E-state index in [9.17, 15) is 27.5 Å². The Hall–Kier alpha value is -1.64. The monoisotopic (exact) mass is 496 g/mol. The summed E-state index contributed by atoms with van der Waals surface area (Å²) in [5.41, 5.74) is -3.71. The zero-order valence-electron chi connectivity index (χ0n) is 13.7. The fraction of sp³-hybridized carbons (Fsp3) is 0.222. The van der Waals surface area contributed by atoms with Crippen molar-refractivity contribution in [3.63, 3.8) is 0 Å². The Bertz CT molecular complexity index is 976. The molecular formula is C18H9BrCl2F4NO2-. The van der Waals surface area contributed by atoms with Crippen molar-refractivity contribution in [1.82, 2.24) is 0 Å². The van der Waals surface area contributed by atoms with E-state index in [0.717, 1.165) is 24.3 Å². The predicted octanol–water partition coefficient (Wildman–Crippen LogP) is 4.56.